The van der Waals surface area contributed by atoms with Crippen LogP contribution < -0.4 is 10.1 Å². The van der Waals surface area contributed by atoms with Crippen LogP contribution in [0.15, 0.2) is 78.9 Å². The number of amides is 1. The second kappa shape index (κ2) is 7.62. The van der Waals surface area contributed by atoms with Crippen LogP contribution in [0.5, 0.6) is 11.5 Å². The molecule has 0 spiro atoms. The standard InChI is InChI=1S/C21H18FNO2/c1-15(16-7-11-18(22)12-8-16)23-21(24)17-9-13-20(14-10-17)25-19-5-3-2-4-6-19/h2-15H,1H3,(H,23,24). The normalized spacial score (nSPS) is 11.6. The summed E-state index contributed by atoms with van der Waals surface area (Å²) < 4.78 is 18.7. The Morgan fingerprint density at radius 2 is 1.48 bits per heavy atom. The van der Waals surface area contributed by atoms with Crippen LogP contribution in [0.4, 0.5) is 4.39 Å². The van der Waals surface area contributed by atoms with Crippen LogP contribution in [-0.2, 0) is 0 Å². The fraction of sp³-hybridized carbons (Fsp3) is 0.0952. The Morgan fingerprint density at radius 1 is 0.880 bits per heavy atom. The van der Waals surface area contributed by atoms with Gasteiger partial charge < -0.3 is 10.1 Å². The zero-order valence-corrected chi connectivity index (χ0v) is 13.8. The molecule has 0 aromatic heterocycles. The van der Waals surface area contributed by atoms with Gasteiger partial charge in [0.15, 0.2) is 0 Å². The van der Waals surface area contributed by atoms with E-state index < -0.39 is 0 Å². The third-order valence-electron chi connectivity index (χ3n) is 3.81. The number of rotatable bonds is 5. The SMILES string of the molecule is CC(NC(=O)c1ccc(Oc2ccccc2)cc1)c1ccc(F)cc1. The van der Waals surface area contributed by atoms with E-state index in [9.17, 15) is 9.18 Å². The molecule has 1 unspecified atom stereocenters. The highest BCUT2D eigenvalue weighted by molar-refractivity contribution is 5.94. The van der Waals surface area contributed by atoms with Gasteiger partial charge in [0.2, 0.25) is 0 Å². The molecule has 1 N–H and O–H groups in total. The lowest BCUT2D eigenvalue weighted by molar-refractivity contribution is 0.0940. The van der Waals surface area contributed by atoms with E-state index in [1.54, 1.807) is 36.4 Å². The molecule has 0 fully saturated rings. The molecule has 0 aliphatic rings. The van der Waals surface area contributed by atoms with Crippen molar-refractivity contribution in [2.75, 3.05) is 0 Å². The molecule has 0 radical (unpaired) electrons. The van der Waals surface area contributed by atoms with Crippen LogP contribution in [0.2, 0.25) is 0 Å². The molecule has 1 atom stereocenters. The van der Waals surface area contributed by atoms with E-state index in [1.165, 1.54) is 12.1 Å². The summed E-state index contributed by atoms with van der Waals surface area (Å²) in [4.78, 5) is 12.3. The second-order valence-electron chi connectivity index (χ2n) is 5.69. The molecule has 3 aromatic carbocycles. The van der Waals surface area contributed by atoms with E-state index in [1.807, 2.05) is 37.3 Å². The first-order chi connectivity index (χ1) is 12.1. The minimum Gasteiger partial charge on any atom is -0.457 e. The van der Waals surface area contributed by atoms with Crippen LogP contribution in [-0.4, -0.2) is 5.91 Å². The van der Waals surface area contributed by atoms with E-state index in [2.05, 4.69) is 5.32 Å². The number of halogens is 1. The topological polar surface area (TPSA) is 38.3 Å². The van der Waals surface area contributed by atoms with E-state index in [0.29, 0.717) is 11.3 Å². The van der Waals surface area contributed by atoms with E-state index >= 15 is 0 Å². The van der Waals surface area contributed by atoms with Crippen molar-refractivity contribution >= 4 is 5.91 Å². The van der Waals surface area contributed by atoms with Crippen molar-refractivity contribution in [3.05, 3.63) is 95.8 Å². The molecule has 0 aliphatic heterocycles. The molecule has 126 valence electrons. The van der Waals surface area contributed by atoms with Crippen LogP contribution in [0.1, 0.15) is 28.9 Å². The number of carbonyl (C=O) groups excluding carboxylic acids is 1. The highest BCUT2D eigenvalue weighted by Crippen LogP contribution is 2.21. The Labute approximate surface area is 146 Å². The number of hydrogen-bond acceptors (Lipinski definition) is 2. The molecule has 0 aliphatic carbocycles. The number of hydrogen-bond donors (Lipinski definition) is 1. The molecule has 25 heavy (non-hydrogen) atoms. The van der Waals surface area contributed by atoms with Crippen LogP contribution in [0, 0.1) is 5.82 Å². The fourth-order valence-corrected chi connectivity index (χ4v) is 2.41. The Balaban J connectivity index is 1.63. The number of ether oxygens (including phenoxy) is 1. The van der Waals surface area contributed by atoms with Gasteiger partial charge in [-0.15, -0.1) is 0 Å². The van der Waals surface area contributed by atoms with Gasteiger partial charge in [0.05, 0.1) is 6.04 Å². The van der Waals surface area contributed by atoms with Gasteiger partial charge in [0.1, 0.15) is 17.3 Å². The van der Waals surface area contributed by atoms with Crippen molar-refractivity contribution in [2.45, 2.75) is 13.0 Å². The smallest absolute Gasteiger partial charge is 0.251 e. The average Bonchev–Trinajstić information content (AvgIpc) is 2.63. The van der Waals surface area contributed by atoms with Crippen molar-refractivity contribution in [1.29, 1.82) is 0 Å². The number of para-hydroxylation sites is 1. The predicted octanol–water partition coefficient (Wildman–Crippen LogP) is 5.11. The molecular weight excluding hydrogens is 317 g/mol. The summed E-state index contributed by atoms with van der Waals surface area (Å²) in [6.07, 6.45) is 0. The molecule has 0 heterocycles. The summed E-state index contributed by atoms with van der Waals surface area (Å²) in [5.74, 6) is 0.915. The van der Waals surface area contributed by atoms with Crippen LogP contribution in [0.25, 0.3) is 0 Å². The van der Waals surface area contributed by atoms with Crippen molar-refractivity contribution in [3.8, 4) is 11.5 Å². The molecular formula is C21H18FNO2. The van der Waals surface area contributed by atoms with Crippen molar-refractivity contribution in [2.24, 2.45) is 0 Å². The lowest BCUT2D eigenvalue weighted by atomic mass is 10.1. The Hall–Kier alpha value is -3.14. The number of nitrogens with one attached hydrogen (secondary N) is 1. The summed E-state index contributed by atoms with van der Waals surface area (Å²) in [6, 6.07) is 22.3. The molecule has 4 heteroatoms. The minimum atomic E-state index is -0.295. The van der Waals surface area contributed by atoms with Gasteiger partial charge in [-0.2, -0.15) is 0 Å². The maximum atomic E-state index is 13.0. The first-order valence-electron chi connectivity index (χ1n) is 8.01. The lowest BCUT2D eigenvalue weighted by Crippen LogP contribution is -2.26. The Bertz CT molecular complexity index is 830. The third kappa shape index (κ3) is 4.44. The van der Waals surface area contributed by atoms with Gasteiger partial charge in [-0.05, 0) is 61.0 Å². The average molecular weight is 335 g/mol. The highest BCUT2D eigenvalue weighted by atomic mass is 19.1. The Kier molecular flexibility index (Phi) is 5.09. The predicted molar refractivity (Wildman–Crippen MR) is 95.2 cm³/mol. The monoisotopic (exact) mass is 335 g/mol. The third-order valence-corrected chi connectivity index (χ3v) is 3.81. The molecule has 0 saturated carbocycles. The molecule has 1 amide bonds. The molecule has 3 nitrogen and oxygen atoms in total. The quantitative estimate of drug-likeness (QED) is 0.704. The maximum absolute atomic E-state index is 13.0. The molecule has 0 bridgehead atoms. The van der Waals surface area contributed by atoms with Gasteiger partial charge in [-0.1, -0.05) is 30.3 Å². The summed E-state index contributed by atoms with van der Waals surface area (Å²) in [7, 11) is 0. The zero-order valence-electron chi connectivity index (χ0n) is 13.8. The fourth-order valence-electron chi connectivity index (χ4n) is 2.41. The summed E-state index contributed by atoms with van der Waals surface area (Å²) in [6.45, 7) is 1.86. The number of carbonyl (C=O) groups is 1. The van der Waals surface area contributed by atoms with Gasteiger partial charge in [-0.3, -0.25) is 4.79 Å². The zero-order chi connectivity index (χ0) is 17.6. The van der Waals surface area contributed by atoms with Crippen molar-refractivity contribution in [3.63, 3.8) is 0 Å². The van der Waals surface area contributed by atoms with Gasteiger partial charge in [-0.25, -0.2) is 4.39 Å². The van der Waals surface area contributed by atoms with Crippen LogP contribution >= 0.6 is 0 Å². The first-order valence-corrected chi connectivity index (χ1v) is 8.01. The second-order valence-corrected chi connectivity index (χ2v) is 5.69. The summed E-state index contributed by atoms with van der Waals surface area (Å²) in [5, 5.41) is 2.90. The summed E-state index contributed by atoms with van der Waals surface area (Å²) >= 11 is 0. The van der Waals surface area contributed by atoms with E-state index in [-0.39, 0.29) is 17.8 Å². The maximum Gasteiger partial charge on any atom is 0.251 e. The molecule has 0 saturated heterocycles. The van der Waals surface area contributed by atoms with E-state index in [0.717, 1.165) is 11.3 Å². The van der Waals surface area contributed by atoms with Crippen LogP contribution in [0.3, 0.4) is 0 Å². The largest absolute Gasteiger partial charge is 0.457 e. The highest BCUT2D eigenvalue weighted by Gasteiger charge is 2.11. The number of benzene rings is 3. The molecule has 3 aromatic rings. The van der Waals surface area contributed by atoms with Crippen molar-refractivity contribution in [1.82, 2.24) is 5.32 Å². The lowest BCUT2D eigenvalue weighted by Gasteiger charge is -2.14. The van der Waals surface area contributed by atoms with E-state index in [4.69, 9.17) is 4.74 Å². The summed E-state index contributed by atoms with van der Waals surface area (Å²) in [5.41, 5.74) is 1.38. The van der Waals surface area contributed by atoms with Gasteiger partial charge in [0.25, 0.3) is 5.91 Å². The first kappa shape index (κ1) is 16.7. The minimum absolute atomic E-state index is 0.192. The molecule has 3 rings (SSSR count). The van der Waals surface area contributed by atoms with Gasteiger partial charge >= 0.3 is 0 Å². The van der Waals surface area contributed by atoms with Crippen molar-refractivity contribution < 1.29 is 13.9 Å². The van der Waals surface area contributed by atoms with Gasteiger partial charge in [0, 0.05) is 5.56 Å². The Morgan fingerprint density at radius 3 is 2.12 bits per heavy atom.